The number of fused-ring (bicyclic) bond motifs is 12. The number of aromatic nitrogens is 1. The molecular weight excluding hydrogens is 827 g/mol. The van der Waals surface area contributed by atoms with E-state index in [0.29, 0.717) is 52.7 Å². The second-order valence-electron chi connectivity index (χ2n) is 18.3. The van der Waals surface area contributed by atoms with Gasteiger partial charge in [-0.05, 0) is 77.3 Å². The van der Waals surface area contributed by atoms with Gasteiger partial charge in [-0.25, -0.2) is 4.79 Å². The van der Waals surface area contributed by atoms with Crippen molar-refractivity contribution in [1.29, 1.82) is 5.26 Å². The number of nitrogens with zero attached hydrogens (tertiary/aromatic N) is 3. The normalized spacial score (nSPS) is 27.4. The molecule has 7 atom stereocenters. The number of para-hydroxylation sites is 1. The summed E-state index contributed by atoms with van der Waals surface area (Å²) >= 11 is 1.56. The summed E-state index contributed by atoms with van der Waals surface area (Å²) in [5.74, 6) is 1.52. The van der Waals surface area contributed by atoms with Crippen molar-refractivity contribution in [1.82, 2.24) is 20.1 Å². The summed E-state index contributed by atoms with van der Waals surface area (Å²) in [5.41, 5.74) is 5.17. The molecule has 1 spiro atoms. The number of carbonyl (C=O) groups excluding carboxylic acids is 3. The Bertz CT molecular complexity index is 2650. The SMILES string of the molecule is COc1c(C)cc2c(c1OC(=O)OC(C)(C)C)[C@@H]1C3[C@@H]4SC[C@]5(NCCc6c5[nH]c5ccccc65)C(=O)COC[C@H](c5c6c(c(C)c(OC(C)=O)c54)OCO6)N3[C@@H](C#N)[C@H](C2)N1C. The number of methoxy groups -OCH3 is 1. The number of Topliss-reactive ketones (excluding diaryl/α,β-unsaturated/α-hetero) is 1. The number of ether oxygens (including phenoxy) is 7. The molecule has 63 heavy (non-hydrogen) atoms. The number of rotatable bonds is 3. The highest BCUT2D eigenvalue weighted by Crippen LogP contribution is 2.64. The average molecular weight is 878 g/mol. The van der Waals surface area contributed by atoms with E-state index in [-0.39, 0.29) is 43.3 Å². The number of carbonyl (C=O) groups is 3. The number of likely N-dealkylation sites (N-methyl/N-ethyl adjacent to an activating group) is 1. The standard InChI is InChI=1S/C47H51N5O10S/c1-22-15-25-16-29-30(17-48)52-31-18-57-19-32(54)47(44-27(13-14-49-47)26-11-9-10-12-28(26)50-44)20-63-43(35-34(31)41-40(58-21-59-41)23(2)39(35)60-24(3)53)37(52)36(51(29)7)33(25)42(38(22)56-8)61-45(55)62-46(4,5)6/h9-12,15,29-31,36-37,43,49-50H,13-14,16,18-21H2,1-8H3/t29-,30-,31+,36+,37?,43+,47-/m0/s1. The minimum atomic E-state index is -1.20. The lowest BCUT2D eigenvalue weighted by atomic mass is 9.71. The molecule has 4 bridgehead atoms. The third kappa shape index (κ3) is 6.33. The van der Waals surface area contributed by atoms with E-state index in [1.807, 2.05) is 39.1 Å². The van der Waals surface area contributed by atoms with Crippen molar-refractivity contribution in [2.75, 3.05) is 46.5 Å². The zero-order chi connectivity index (χ0) is 44.3. The molecule has 8 heterocycles. The van der Waals surface area contributed by atoms with Crippen LogP contribution in [0.2, 0.25) is 0 Å². The van der Waals surface area contributed by atoms with E-state index in [1.165, 1.54) is 6.92 Å². The number of nitrogens with one attached hydrogen (secondary N) is 2. The Morgan fingerprint density at radius 3 is 2.57 bits per heavy atom. The molecule has 1 aromatic heterocycles. The lowest BCUT2D eigenvalue weighted by Gasteiger charge is -2.61. The van der Waals surface area contributed by atoms with Crippen LogP contribution in [0, 0.1) is 25.2 Å². The van der Waals surface area contributed by atoms with E-state index in [1.54, 1.807) is 39.6 Å². The smallest absolute Gasteiger partial charge is 0.493 e. The number of thioether (sulfide) groups is 1. The summed E-state index contributed by atoms with van der Waals surface area (Å²) in [7, 11) is 3.55. The van der Waals surface area contributed by atoms with Crippen LogP contribution in [-0.2, 0) is 37.4 Å². The van der Waals surface area contributed by atoms with Gasteiger partial charge in [-0.3, -0.25) is 24.7 Å². The summed E-state index contributed by atoms with van der Waals surface area (Å²) in [6.45, 7) is 10.7. The number of hydrogen-bond acceptors (Lipinski definition) is 15. The van der Waals surface area contributed by atoms with E-state index >= 15 is 4.79 Å². The fourth-order valence-electron chi connectivity index (χ4n) is 11.2. The highest BCUT2D eigenvalue weighted by atomic mass is 32.2. The van der Waals surface area contributed by atoms with Crippen molar-refractivity contribution in [3.05, 3.63) is 75.0 Å². The van der Waals surface area contributed by atoms with Gasteiger partial charge in [0.2, 0.25) is 6.79 Å². The van der Waals surface area contributed by atoms with Crippen LogP contribution in [-0.4, -0.2) is 103 Å². The van der Waals surface area contributed by atoms with Gasteiger partial charge in [0.1, 0.15) is 29.5 Å². The van der Waals surface area contributed by atoms with Crippen molar-refractivity contribution in [2.45, 2.75) is 101 Å². The summed E-state index contributed by atoms with van der Waals surface area (Å²) in [6, 6.07) is 10.0. The van der Waals surface area contributed by atoms with Crippen molar-refractivity contribution in [3.8, 4) is 34.8 Å². The fourth-order valence-corrected chi connectivity index (χ4v) is 12.9. The monoisotopic (exact) mass is 877 g/mol. The number of aryl methyl sites for hydroxylation is 1. The summed E-state index contributed by atoms with van der Waals surface area (Å²) < 4.78 is 43.4. The maximum absolute atomic E-state index is 15.0. The predicted molar refractivity (Wildman–Crippen MR) is 232 cm³/mol. The van der Waals surface area contributed by atoms with Gasteiger partial charge in [-0.1, -0.05) is 24.3 Å². The molecule has 0 amide bonds. The highest BCUT2D eigenvalue weighted by Gasteiger charge is 2.61. The van der Waals surface area contributed by atoms with Crippen LogP contribution in [0.1, 0.15) is 89.7 Å². The molecule has 16 heteroatoms. The lowest BCUT2D eigenvalue weighted by Crippen LogP contribution is -2.69. The molecule has 15 nitrogen and oxygen atoms in total. The zero-order valence-corrected chi connectivity index (χ0v) is 37.4. The molecule has 11 rings (SSSR count). The summed E-state index contributed by atoms with van der Waals surface area (Å²) in [4.78, 5) is 50.0. The van der Waals surface area contributed by atoms with Crippen LogP contribution in [0.3, 0.4) is 0 Å². The Hall–Kier alpha value is -5.31. The number of esters is 1. The first kappa shape index (κ1) is 41.7. The largest absolute Gasteiger partial charge is 0.514 e. The summed E-state index contributed by atoms with van der Waals surface area (Å²) in [5, 5.41) is 15.5. The van der Waals surface area contributed by atoms with Gasteiger partial charge in [0, 0.05) is 70.2 Å². The molecule has 330 valence electrons. The van der Waals surface area contributed by atoms with Gasteiger partial charge in [-0.2, -0.15) is 5.26 Å². The second kappa shape index (κ2) is 15.2. The fraction of sp³-hybridized carbons (Fsp3) is 0.489. The first-order valence-corrected chi connectivity index (χ1v) is 22.4. The number of nitriles is 1. The molecule has 1 unspecified atom stereocenters. The maximum Gasteiger partial charge on any atom is 0.514 e. The quantitative estimate of drug-likeness (QED) is 0.131. The zero-order valence-electron chi connectivity index (χ0n) is 36.6. The van der Waals surface area contributed by atoms with E-state index in [0.717, 1.165) is 45.3 Å². The molecule has 7 aliphatic heterocycles. The molecule has 0 saturated carbocycles. The number of benzene rings is 3. The maximum atomic E-state index is 15.0. The molecule has 0 aliphatic carbocycles. The van der Waals surface area contributed by atoms with E-state index in [2.05, 4.69) is 38.3 Å². The van der Waals surface area contributed by atoms with Crippen LogP contribution in [0.25, 0.3) is 10.9 Å². The third-order valence-electron chi connectivity index (χ3n) is 13.6. The number of piperazine rings is 1. The lowest BCUT2D eigenvalue weighted by molar-refractivity contribution is -0.133. The summed E-state index contributed by atoms with van der Waals surface area (Å²) in [6.07, 6.45) is 0.299. The predicted octanol–water partition coefficient (Wildman–Crippen LogP) is 6.40. The molecular formula is C47H51N5O10S. The first-order chi connectivity index (χ1) is 30.2. The number of aromatic amines is 1. The van der Waals surface area contributed by atoms with E-state index < -0.39 is 52.7 Å². The van der Waals surface area contributed by atoms with Crippen LogP contribution < -0.4 is 29.0 Å². The number of H-pyrrole nitrogens is 1. The van der Waals surface area contributed by atoms with Gasteiger partial charge in [0.25, 0.3) is 0 Å². The number of ketones is 1. The Morgan fingerprint density at radius 1 is 1.05 bits per heavy atom. The molecule has 4 aromatic rings. The highest BCUT2D eigenvalue weighted by molar-refractivity contribution is 7.99. The molecule has 0 radical (unpaired) electrons. The Balaban J connectivity index is 1.25. The Kier molecular flexibility index (Phi) is 10.0. The minimum Gasteiger partial charge on any atom is -0.493 e. The van der Waals surface area contributed by atoms with Gasteiger partial charge >= 0.3 is 12.1 Å². The van der Waals surface area contributed by atoms with Crippen molar-refractivity contribution < 1.29 is 47.5 Å². The van der Waals surface area contributed by atoms with Crippen LogP contribution in [0.15, 0.2) is 30.3 Å². The Labute approximate surface area is 369 Å². The van der Waals surface area contributed by atoms with Gasteiger partial charge < -0.3 is 38.1 Å². The molecule has 2 N–H and O–H groups in total. The van der Waals surface area contributed by atoms with Gasteiger partial charge in [-0.15, -0.1) is 11.8 Å². The van der Waals surface area contributed by atoms with Crippen molar-refractivity contribution >= 4 is 40.6 Å². The van der Waals surface area contributed by atoms with Crippen LogP contribution in [0.4, 0.5) is 4.79 Å². The average Bonchev–Trinajstić information content (AvgIpc) is 3.87. The molecule has 2 fully saturated rings. The van der Waals surface area contributed by atoms with E-state index in [9.17, 15) is 14.9 Å². The van der Waals surface area contributed by atoms with Gasteiger partial charge in [0.05, 0.1) is 37.1 Å². The second-order valence-corrected chi connectivity index (χ2v) is 19.5. The number of hydrogen-bond donors (Lipinski definition) is 2. The molecule has 3 aromatic carbocycles. The topological polar surface area (TPSA) is 174 Å². The van der Waals surface area contributed by atoms with E-state index in [4.69, 9.17) is 33.2 Å². The molecule has 2 saturated heterocycles. The van der Waals surface area contributed by atoms with Crippen molar-refractivity contribution in [3.63, 3.8) is 0 Å². The van der Waals surface area contributed by atoms with Crippen LogP contribution >= 0.6 is 11.8 Å². The Morgan fingerprint density at radius 2 is 1.83 bits per heavy atom. The van der Waals surface area contributed by atoms with Crippen LogP contribution in [0.5, 0.6) is 28.7 Å². The third-order valence-corrected chi connectivity index (χ3v) is 15.1. The molecule has 7 aliphatic rings. The van der Waals surface area contributed by atoms with Gasteiger partial charge in [0.15, 0.2) is 28.8 Å². The minimum absolute atomic E-state index is 0.00663. The first-order valence-electron chi connectivity index (χ1n) is 21.4. The van der Waals surface area contributed by atoms with Crippen molar-refractivity contribution in [2.24, 2.45) is 0 Å².